The third kappa shape index (κ3) is 3.79. The van der Waals surface area contributed by atoms with Crippen LogP contribution in [0.4, 0.5) is 0 Å². The molecule has 0 atom stereocenters. The van der Waals surface area contributed by atoms with Gasteiger partial charge in [0, 0.05) is 35.8 Å². The van der Waals surface area contributed by atoms with E-state index < -0.39 is 0 Å². The molecule has 0 aliphatic carbocycles. The first kappa shape index (κ1) is 14.5. The molecule has 0 radical (unpaired) electrons. The summed E-state index contributed by atoms with van der Waals surface area (Å²) in [7, 11) is 1.67. The van der Waals surface area contributed by atoms with Crippen molar-refractivity contribution < 1.29 is 9.26 Å². The fourth-order valence-electron chi connectivity index (χ4n) is 1.68. The van der Waals surface area contributed by atoms with Crippen molar-refractivity contribution in [3.05, 3.63) is 39.5 Å². The fourth-order valence-corrected chi connectivity index (χ4v) is 2.44. The minimum atomic E-state index is 0.629. The Balaban J connectivity index is 2.14. The topological polar surface area (TPSA) is 47.3 Å². The normalized spacial score (nSPS) is 10.9. The number of hydrogen-bond acceptors (Lipinski definition) is 4. The molecule has 0 saturated carbocycles. The molecule has 0 aliphatic rings. The molecular weight excluding hydrogens is 332 g/mol. The molecule has 0 amide bonds. The fraction of sp³-hybridized carbons (Fsp3) is 0.308. The van der Waals surface area contributed by atoms with Crippen molar-refractivity contribution in [1.29, 1.82) is 0 Å². The minimum Gasteiger partial charge on any atom is -0.383 e. The zero-order chi connectivity index (χ0) is 13.7. The second kappa shape index (κ2) is 7.05. The molecule has 1 heterocycles. The number of halogens is 2. The van der Waals surface area contributed by atoms with E-state index in [2.05, 4.69) is 26.4 Å². The zero-order valence-corrected chi connectivity index (χ0v) is 12.8. The van der Waals surface area contributed by atoms with E-state index >= 15 is 0 Å². The number of nitrogens with one attached hydrogen (secondary N) is 1. The molecule has 4 nitrogen and oxygen atoms in total. The first-order chi connectivity index (χ1) is 9.22. The van der Waals surface area contributed by atoms with Crippen LogP contribution in [-0.4, -0.2) is 25.4 Å². The van der Waals surface area contributed by atoms with Gasteiger partial charge < -0.3 is 14.6 Å². The largest absolute Gasteiger partial charge is 0.383 e. The van der Waals surface area contributed by atoms with E-state index in [-0.39, 0.29) is 0 Å². The number of ether oxygens (including phenoxy) is 1. The van der Waals surface area contributed by atoms with Crippen molar-refractivity contribution in [2.24, 2.45) is 0 Å². The molecule has 0 aliphatic heterocycles. The lowest BCUT2D eigenvalue weighted by molar-refractivity contribution is 0.199. The number of hydrogen-bond donors (Lipinski definition) is 1. The van der Waals surface area contributed by atoms with Crippen LogP contribution in [0.3, 0.4) is 0 Å². The monoisotopic (exact) mass is 344 g/mol. The molecule has 0 spiro atoms. The number of rotatable bonds is 6. The second-order valence-corrected chi connectivity index (χ2v) is 5.30. The predicted octanol–water partition coefficient (Wildman–Crippen LogP) is 3.49. The molecular formula is C13H14BrClN2O2. The molecule has 1 N–H and O–H groups in total. The maximum atomic E-state index is 6.22. The minimum absolute atomic E-state index is 0.629. The van der Waals surface area contributed by atoms with E-state index in [1.807, 2.05) is 18.2 Å². The Bertz CT molecular complexity index is 545. The van der Waals surface area contributed by atoms with Crippen molar-refractivity contribution in [3.63, 3.8) is 0 Å². The van der Waals surface area contributed by atoms with Crippen molar-refractivity contribution in [1.82, 2.24) is 10.5 Å². The summed E-state index contributed by atoms with van der Waals surface area (Å²) < 4.78 is 11.2. The summed E-state index contributed by atoms with van der Waals surface area (Å²) in [5.74, 6) is 0.697. The first-order valence-electron chi connectivity index (χ1n) is 5.81. The summed E-state index contributed by atoms with van der Waals surface area (Å²) in [6, 6.07) is 5.67. The highest BCUT2D eigenvalue weighted by Gasteiger charge is 2.13. The van der Waals surface area contributed by atoms with Crippen LogP contribution in [0.1, 0.15) is 5.56 Å². The van der Waals surface area contributed by atoms with Gasteiger partial charge in [-0.3, -0.25) is 0 Å². The maximum absolute atomic E-state index is 6.22. The molecule has 2 rings (SSSR count). The third-order valence-corrected chi connectivity index (χ3v) is 3.42. The smallest absolute Gasteiger partial charge is 0.172 e. The summed E-state index contributed by atoms with van der Waals surface area (Å²) in [4.78, 5) is 0. The summed E-state index contributed by atoms with van der Waals surface area (Å²) in [6.45, 7) is 2.10. The number of nitrogens with zero attached hydrogens (tertiary/aromatic N) is 1. The van der Waals surface area contributed by atoms with Gasteiger partial charge in [-0.2, -0.15) is 0 Å². The molecule has 0 saturated heterocycles. The molecule has 19 heavy (non-hydrogen) atoms. The van der Waals surface area contributed by atoms with Crippen LogP contribution in [0, 0.1) is 0 Å². The van der Waals surface area contributed by atoms with Crippen LogP contribution < -0.4 is 5.32 Å². The predicted molar refractivity (Wildman–Crippen MR) is 78.2 cm³/mol. The van der Waals surface area contributed by atoms with Gasteiger partial charge in [-0.15, -0.1) is 0 Å². The van der Waals surface area contributed by atoms with Crippen molar-refractivity contribution in [3.8, 4) is 11.3 Å². The Morgan fingerprint density at radius 3 is 3.05 bits per heavy atom. The van der Waals surface area contributed by atoms with Gasteiger partial charge in [0.05, 0.1) is 17.8 Å². The number of aromatic nitrogens is 1. The van der Waals surface area contributed by atoms with Crippen molar-refractivity contribution in [2.45, 2.75) is 6.54 Å². The average Bonchev–Trinajstić information content (AvgIpc) is 2.83. The molecule has 0 fully saturated rings. The van der Waals surface area contributed by atoms with Crippen LogP contribution in [-0.2, 0) is 11.3 Å². The summed E-state index contributed by atoms with van der Waals surface area (Å²) in [5, 5.41) is 7.73. The third-order valence-electron chi connectivity index (χ3n) is 2.62. The molecule has 1 aromatic carbocycles. The first-order valence-corrected chi connectivity index (χ1v) is 6.98. The number of benzene rings is 1. The summed E-state index contributed by atoms with van der Waals surface area (Å²) in [6.07, 6.45) is 1.70. The summed E-state index contributed by atoms with van der Waals surface area (Å²) >= 11 is 9.60. The average molecular weight is 346 g/mol. The molecule has 1 aromatic heterocycles. The Hall–Kier alpha value is -0.880. The zero-order valence-electron chi connectivity index (χ0n) is 10.5. The quantitative estimate of drug-likeness (QED) is 0.814. The maximum Gasteiger partial charge on any atom is 0.172 e. The molecule has 102 valence electrons. The SMILES string of the molecule is COCCNCc1cnoc1-c1ccc(Br)cc1Cl. The Kier molecular flexibility index (Phi) is 5.39. The molecule has 6 heteroatoms. The van der Waals surface area contributed by atoms with Gasteiger partial charge in [0.2, 0.25) is 0 Å². The standard InChI is InChI=1S/C13H14BrClN2O2/c1-18-5-4-16-7-9-8-17-19-13(9)11-3-2-10(14)6-12(11)15/h2-3,6,8,16H,4-5,7H2,1H3. The van der Waals surface area contributed by atoms with Crippen LogP contribution in [0.5, 0.6) is 0 Å². The van der Waals surface area contributed by atoms with Crippen LogP contribution >= 0.6 is 27.5 Å². The van der Waals surface area contributed by atoms with E-state index in [1.54, 1.807) is 13.3 Å². The van der Waals surface area contributed by atoms with E-state index in [4.69, 9.17) is 20.9 Å². The van der Waals surface area contributed by atoms with Crippen molar-refractivity contribution >= 4 is 27.5 Å². The van der Waals surface area contributed by atoms with Crippen LogP contribution in [0.2, 0.25) is 5.02 Å². The van der Waals surface area contributed by atoms with Gasteiger partial charge >= 0.3 is 0 Å². The number of methoxy groups -OCH3 is 1. The van der Waals surface area contributed by atoms with Crippen molar-refractivity contribution in [2.75, 3.05) is 20.3 Å². The van der Waals surface area contributed by atoms with Gasteiger partial charge in [-0.25, -0.2) is 0 Å². The Morgan fingerprint density at radius 1 is 1.47 bits per heavy atom. The highest BCUT2D eigenvalue weighted by molar-refractivity contribution is 9.10. The molecule has 0 unspecified atom stereocenters. The summed E-state index contributed by atoms with van der Waals surface area (Å²) in [5.41, 5.74) is 1.81. The van der Waals surface area contributed by atoms with Crippen LogP contribution in [0.15, 0.2) is 33.4 Å². The van der Waals surface area contributed by atoms with Gasteiger partial charge in [-0.05, 0) is 18.2 Å². The van der Waals surface area contributed by atoms with E-state index in [0.717, 1.165) is 22.1 Å². The van der Waals surface area contributed by atoms with Gasteiger partial charge in [0.1, 0.15) is 0 Å². The van der Waals surface area contributed by atoms with Crippen LogP contribution in [0.25, 0.3) is 11.3 Å². The lowest BCUT2D eigenvalue weighted by Crippen LogP contribution is -2.18. The Labute approximate surface area is 125 Å². The lowest BCUT2D eigenvalue weighted by Gasteiger charge is -2.05. The highest BCUT2D eigenvalue weighted by Crippen LogP contribution is 2.32. The highest BCUT2D eigenvalue weighted by atomic mass is 79.9. The lowest BCUT2D eigenvalue weighted by atomic mass is 10.1. The van der Waals surface area contributed by atoms with E-state index in [1.165, 1.54) is 0 Å². The van der Waals surface area contributed by atoms with E-state index in [9.17, 15) is 0 Å². The van der Waals surface area contributed by atoms with Gasteiger partial charge in [0.15, 0.2) is 5.76 Å². The van der Waals surface area contributed by atoms with Gasteiger partial charge in [0.25, 0.3) is 0 Å². The molecule has 0 bridgehead atoms. The van der Waals surface area contributed by atoms with Gasteiger partial charge in [-0.1, -0.05) is 32.7 Å². The Morgan fingerprint density at radius 2 is 2.32 bits per heavy atom. The van der Waals surface area contributed by atoms with E-state index in [0.29, 0.717) is 23.9 Å². The molecule has 2 aromatic rings. The second-order valence-electron chi connectivity index (χ2n) is 3.97.